The molecule has 0 saturated heterocycles. The number of ether oxygens (including phenoxy) is 1. The van der Waals surface area contributed by atoms with Crippen molar-refractivity contribution in [2.75, 3.05) is 12.4 Å². The molecule has 1 N–H and O–H groups in total. The minimum Gasteiger partial charge on any atom is -0.497 e. The van der Waals surface area contributed by atoms with Gasteiger partial charge in [-0.1, -0.05) is 6.07 Å². The van der Waals surface area contributed by atoms with Crippen LogP contribution in [0.3, 0.4) is 0 Å². The molecule has 12 nitrogen and oxygen atoms in total. The monoisotopic (exact) mass is 408 g/mol. The molecule has 0 unspecified atom stereocenters. The molecule has 1 heterocycles. The molecule has 0 bridgehead atoms. The van der Waals surface area contributed by atoms with Crippen LogP contribution in [0.15, 0.2) is 48.7 Å². The minimum atomic E-state index is -0.816. The van der Waals surface area contributed by atoms with E-state index < -0.39 is 27.1 Å². The maximum absolute atomic E-state index is 12.7. The van der Waals surface area contributed by atoms with Crippen LogP contribution in [0, 0.1) is 31.6 Å². The van der Waals surface area contributed by atoms with Gasteiger partial charge in [0.1, 0.15) is 23.1 Å². The van der Waals surface area contributed by atoms with Crippen molar-refractivity contribution in [3.8, 4) is 17.5 Å². The van der Waals surface area contributed by atoms with Crippen LogP contribution in [0.5, 0.6) is 5.75 Å². The van der Waals surface area contributed by atoms with Gasteiger partial charge >= 0.3 is 5.69 Å². The molecular formula is C18H12N6O6. The zero-order chi connectivity index (χ0) is 21.8. The Labute approximate surface area is 168 Å². The van der Waals surface area contributed by atoms with Crippen molar-refractivity contribution in [1.29, 1.82) is 5.26 Å². The molecule has 0 aliphatic carbocycles. The van der Waals surface area contributed by atoms with E-state index in [0.29, 0.717) is 5.75 Å². The lowest BCUT2D eigenvalue weighted by Gasteiger charge is -2.10. The number of nitrogens with one attached hydrogen (secondary N) is 1. The number of anilines is 1. The summed E-state index contributed by atoms with van der Waals surface area (Å²) in [6.45, 7) is 0. The van der Waals surface area contributed by atoms with Gasteiger partial charge in [-0.2, -0.15) is 10.4 Å². The number of carbonyl (C=O) groups excluding carboxylic acids is 1. The lowest BCUT2D eigenvalue weighted by Crippen LogP contribution is -2.16. The van der Waals surface area contributed by atoms with E-state index in [1.807, 2.05) is 6.07 Å². The minimum absolute atomic E-state index is 0.0566. The molecule has 0 aliphatic heterocycles. The maximum Gasteiger partial charge on any atom is 0.301 e. The van der Waals surface area contributed by atoms with E-state index in [2.05, 4.69) is 10.4 Å². The van der Waals surface area contributed by atoms with E-state index >= 15 is 0 Å². The molecule has 0 atom stereocenters. The van der Waals surface area contributed by atoms with Gasteiger partial charge in [0.25, 0.3) is 11.6 Å². The van der Waals surface area contributed by atoms with Gasteiger partial charge in [-0.3, -0.25) is 25.0 Å². The molecule has 30 heavy (non-hydrogen) atoms. The highest BCUT2D eigenvalue weighted by Crippen LogP contribution is 2.31. The van der Waals surface area contributed by atoms with Crippen molar-refractivity contribution in [3.05, 3.63) is 80.0 Å². The number of hydrogen-bond acceptors (Lipinski definition) is 8. The zero-order valence-corrected chi connectivity index (χ0v) is 15.3. The van der Waals surface area contributed by atoms with Crippen LogP contribution >= 0.6 is 0 Å². The highest BCUT2D eigenvalue weighted by molar-refractivity contribution is 6.04. The lowest BCUT2D eigenvalue weighted by molar-refractivity contribution is -0.394. The first kappa shape index (κ1) is 20.0. The Hall–Kier alpha value is -4.79. The second-order valence-electron chi connectivity index (χ2n) is 5.80. The Bertz CT molecular complexity index is 1210. The van der Waals surface area contributed by atoms with Gasteiger partial charge in [0.15, 0.2) is 5.82 Å². The Morgan fingerprint density at radius 2 is 1.97 bits per heavy atom. The van der Waals surface area contributed by atoms with Crippen molar-refractivity contribution in [2.24, 2.45) is 0 Å². The van der Waals surface area contributed by atoms with Crippen molar-refractivity contribution in [2.45, 2.75) is 0 Å². The molecule has 2 aromatic carbocycles. The fourth-order valence-corrected chi connectivity index (χ4v) is 2.63. The lowest BCUT2D eigenvalue weighted by atomic mass is 10.2. The third kappa shape index (κ3) is 3.76. The number of nitro groups is 2. The molecule has 0 saturated carbocycles. The van der Waals surface area contributed by atoms with Crippen molar-refractivity contribution < 1.29 is 19.4 Å². The van der Waals surface area contributed by atoms with E-state index in [0.717, 1.165) is 29.1 Å². The normalized spacial score (nSPS) is 10.1. The Kier molecular flexibility index (Phi) is 5.37. The number of nitrogens with zero attached hydrogens (tertiary/aromatic N) is 5. The third-order valence-electron chi connectivity index (χ3n) is 4.05. The fraction of sp³-hybridized carbons (Fsp3) is 0.0556. The Morgan fingerprint density at radius 1 is 1.20 bits per heavy atom. The number of nitro benzene ring substituents is 2. The van der Waals surface area contributed by atoms with Crippen LogP contribution in [0.2, 0.25) is 0 Å². The van der Waals surface area contributed by atoms with Crippen LogP contribution in [0.25, 0.3) is 5.69 Å². The third-order valence-corrected chi connectivity index (χ3v) is 4.05. The first-order valence-corrected chi connectivity index (χ1v) is 8.22. The van der Waals surface area contributed by atoms with Crippen LogP contribution < -0.4 is 10.1 Å². The van der Waals surface area contributed by atoms with Crippen molar-refractivity contribution in [1.82, 2.24) is 9.78 Å². The number of aromatic nitrogens is 2. The summed E-state index contributed by atoms with van der Waals surface area (Å²) < 4.78 is 6.04. The van der Waals surface area contributed by atoms with E-state index in [4.69, 9.17) is 4.74 Å². The van der Waals surface area contributed by atoms with Gasteiger partial charge < -0.3 is 10.1 Å². The molecule has 3 rings (SSSR count). The highest BCUT2D eigenvalue weighted by Gasteiger charge is 2.25. The predicted octanol–water partition coefficient (Wildman–Crippen LogP) is 2.82. The van der Waals surface area contributed by atoms with Crippen molar-refractivity contribution in [3.63, 3.8) is 0 Å². The van der Waals surface area contributed by atoms with Gasteiger partial charge in [0.2, 0.25) is 0 Å². The molecule has 1 aromatic heterocycles. The number of carbonyl (C=O) groups is 1. The van der Waals surface area contributed by atoms with Crippen LogP contribution in [-0.4, -0.2) is 32.6 Å². The van der Waals surface area contributed by atoms with E-state index in [1.54, 1.807) is 12.1 Å². The summed E-state index contributed by atoms with van der Waals surface area (Å²) in [5, 5.41) is 38.2. The van der Waals surface area contributed by atoms with Crippen LogP contribution in [0.1, 0.15) is 15.9 Å². The van der Waals surface area contributed by atoms with Gasteiger partial charge in [0.05, 0.1) is 29.2 Å². The van der Waals surface area contributed by atoms with Gasteiger partial charge in [-0.05, 0) is 24.3 Å². The molecule has 1 amide bonds. The molecule has 0 aliphatic rings. The molecule has 0 spiro atoms. The smallest absolute Gasteiger partial charge is 0.301 e. The van der Waals surface area contributed by atoms with E-state index in [9.17, 15) is 30.3 Å². The largest absolute Gasteiger partial charge is 0.497 e. The standard InChI is InChI=1S/C18H12N6O6/c1-30-14-4-2-3-11(7-14)18(25)21-17-12(9-19)10-20-22(17)15-6-5-13(23(26)27)8-16(15)24(28)29/h2-8,10H,1H3,(H,21,25). The summed E-state index contributed by atoms with van der Waals surface area (Å²) in [7, 11) is 1.44. The van der Waals surface area contributed by atoms with Gasteiger partial charge in [-0.25, -0.2) is 4.68 Å². The first-order chi connectivity index (χ1) is 14.3. The number of non-ortho nitro benzene ring substituents is 1. The number of hydrogen-bond donors (Lipinski definition) is 1. The first-order valence-electron chi connectivity index (χ1n) is 8.22. The highest BCUT2D eigenvalue weighted by atomic mass is 16.6. The second-order valence-corrected chi connectivity index (χ2v) is 5.80. The molecule has 0 fully saturated rings. The zero-order valence-electron chi connectivity index (χ0n) is 15.3. The maximum atomic E-state index is 12.7. The summed E-state index contributed by atoms with van der Waals surface area (Å²) >= 11 is 0. The number of amides is 1. The topological polar surface area (TPSA) is 166 Å². The number of nitriles is 1. The van der Waals surface area contributed by atoms with Crippen molar-refractivity contribution >= 4 is 23.1 Å². The summed E-state index contributed by atoms with van der Waals surface area (Å²) in [5.74, 6) is -0.304. The fourth-order valence-electron chi connectivity index (χ4n) is 2.63. The summed E-state index contributed by atoms with van der Waals surface area (Å²) in [6, 6.07) is 11.0. The average molecular weight is 408 g/mol. The Balaban J connectivity index is 2.08. The SMILES string of the molecule is COc1cccc(C(=O)Nc2c(C#N)cnn2-c2ccc([N+](=O)[O-])cc2[N+](=O)[O-])c1. The molecule has 12 heteroatoms. The van der Waals surface area contributed by atoms with Crippen LogP contribution in [0.4, 0.5) is 17.2 Å². The second kappa shape index (κ2) is 8.07. The van der Waals surface area contributed by atoms with Gasteiger partial charge in [-0.15, -0.1) is 0 Å². The quantitative estimate of drug-likeness (QED) is 0.480. The number of rotatable bonds is 6. The van der Waals surface area contributed by atoms with E-state index in [-0.39, 0.29) is 22.6 Å². The summed E-state index contributed by atoms with van der Waals surface area (Å²) in [5.41, 5.74) is -1.11. The number of benzene rings is 2. The summed E-state index contributed by atoms with van der Waals surface area (Å²) in [4.78, 5) is 33.5. The molecular weight excluding hydrogens is 396 g/mol. The summed E-state index contributed by atoms with van der Waals surface area (Å²) in [6.07, 6.45) is 1.12. The van der Waals surface area contributed by atoms with Crippen LogP contribution in [-0.2, 0) is 0 Å². The molecule has 150 valence electrons. The van der Waals surface area contributed by atoms with E-state index in [1.165, 1.54) is 19.2 Å². The molecule has 3 aromatic rings. The molecule has 0 radical (unpaired) electrons. The predicted molar refractivity (Wildman–Crippen MR) is 103 cm³/mol. The number of methoxy groups -OCH3 is 1. The van der Waals surface area contributed by atoms with Gasteiger partial charge in [0, 0.05) is 11.6 Å². The average Bonchev–Trinajstić information content (AvgIpc) is 3.15. The Morgan fingerprint density at radius 3 is 2.60 bits per heavy atom.